The van der Waals surface area contributed by atoms with Gasteiger partial charge < -0.3 is 19.5 Å². The maximum atomic E-state index is 10.1. The third kappa shape index (κ3) is 2.24. The normalized spacial score (nSPS) is 9.36. The highest BCUT2D eigenvalue weighted by Crippen LogP contribution is 2.24. The smallest absolute Gasteiger partial charge is 0.488 e. The van der Waals surface area contributed by atoms with Crippen LogP contribution in [0.1, 0.15) is 0 Å². The Morgan fingerprint density at radius 1 is 1.36 bits per heavy atom. The lowest BCUT2D eigenvalue weighted by atomic mass is 9.80. The minimum Gasteiger partial charge on any atom is -0.493 e. The summed E-state index contributed by atoms with van der Waals surface area (Å²) in [5.41, 5.74) is 0.225. The first kappa shape index (κ1) is 10.6. The van der Waals surface area contributed by atoms with Gasteiger partial charge in [-0.1, -0.05) is 6.07 Å². The molecule has 1 aromatic carbocycles. The average Bonchev–Trinajstić information content (AvgIpc) is 2.18. The van der Waals surface area contributed by atoms with E-state index in [0.29, 0.717) is 5.75 Å². The molecular weight excluding hydrogens is 187 g/mol. The summed E-state index contributed by atoms with van der Waals surface area (Å²) in [6, 6.07) is 4.26. The van der Waals surface area contributed by atoms with Crippen molar-refractivity contribution in [1.82, 2.24) is 0 Å². The summed E-state index contributed by atoms with van der Waals surface area (Å²) in [5, 5.41) is 17.7. The van der Waals surface area contributed by atoms with Crippen LogP contribution in [0.25, 0.3) is 0 Å². The molecule has 0 heterocycles. The van der Waals surface area contributed by atoms with Crippen LogP contribution < -0.4 is 14.9 Å². The number of methoxy groups -OCH3 is 1. The Hall–Kier alpha value is -1.53. The number of rotatable bonds is 4. The fourth-order valence-electron chi connectivity index (χ4n) is 0.998. The van der Waals surface area contributed by atoms with E-state index in [9.17, 15) is 4.79 Å². The quantitative estimate of drug-likeness (QED) is 0.472. The zero-order chi connectivity index (χ0) is 10.6. The van der Waals surface area contributed by atoms with Crippen LogP contribution in [0.15, 0.2) is 18.2 Å². The predicted octanol–water partition coefficient (Wildman–Crippen LogP) is -1.09. The highest BCUT2D eigenvalue weighted by Gasteiger charge is 2.14. The summed E-state index contributed by atoms with van der Waals surface area (Å²) < 4.78 is 9.48. The molecule has 0 spiro atoms. The van der Waals surface area contributed by atoms with Crippen molar-refractivity contribution >= 4 is 19.1 Å². The monoisotopic (exact) mass is 196 g/mol. The summed E-state index contributed by atoms with van der Waals surface area (Å²) in [7, 11) is -0.183. The van der Waals surface area contributed by atoms with E-state index in [2.05, 4.69) is 4.74 Å². The van der Waals surface area contributed by atoms with E-state index < -0.39 is 7.12 Å². The Balaban J connectivity index is 3.06. The number of ether oxygens (including phenoxy) is 2. The van der Waals surface area contributed by atoms with Crippen molar-refractivity contribution in [2.24, 2.45) is 0 Å². The number of hydrogen-bond acceptors (Lipinski definition) is 5. The van der Waals surface area contributed by atoms with E-state index in [1.54, 1.807) is 0 Å². The van der Waals surface area contributed by atoms with Gasteiger partial charge in [0, 0.05) is 0 Å². The van der Waals surface area contributed by atoms with Crippen molar-refractivity contribution < 1.29 is 24.3 Å². The topological polar surface area (TPSA) is 76.0 Å². The first-order chi connectivity index (χ1) is 6.69. The van der Waals surface area contributed by atoms with Gasteiger partial charge in [-0.2, -0.15) is 0 Å². The van der Waals surface area contributed by atoms with Crippen LogP contribution in [0.5, 0.6) is 11.5 Å². The van der Waals surface area contributed by atoms with E-state index in [0.717, 1.165) is 0 Å². The molecule has 0 radical (unpaired) electrons. The van der Waals surface area contributed by atoms with E-state index >= 15 is 0 Å². The largest absolute Gasteiger partial charge is 0.493 e. The second kappa shape index (κ2) is 4.64. The van der Waals surface area contributed by atoms with E-state index in [-0.39, 0.29) is 17.7 Å². The molecule has 14 heavy (non-hydrogen) atoms. The zero-order valence-electron chi connectivity index (χ0n) is 7.51. The molecule has 1 rings (SSSR count). The van der Waals surface area contributed by atoms with Gasteiger partial charge in [0.15, 0.2) is 11.5 Å². The van der Waals surface area contributed by atoms with Crippen molar-refractivity contribution in [3.8, 4) is 11.5 Å². The van der Waals surface area contributed by atoms with Crippen molar-refractivity contribution in [3.05, 3.63) is 18.2 Å². The van der Waals surface area contributed by atoms with Crippen LogP contribution >= 0.6 is 0 Å². The Bertz CT molecular complexity index is 326. The molecule has 74 valence electrons. The van der Waals surface area contributed by atoms with Crippen molar-refractivity contribution in [2.45, 2.75) is 0 Å². The Morgan fingerprint density at radius 2 is 2.07 bits per heavy atom. The van der Waals surface area contributed by atoms with Gasteiger partial charge in [-0.3, -0.25) is 4.79 Å². The molecule has 0 aliphatic heterocycles. The highest BCUT2D eigenvalue weighted by molar-refractivity contribution is 6.58. The summed E-state index contributed by atoms with van der Waals surface area (Å²) in [5.74, 6) is 0.495. The van der Waals surface area contributed by atoms with Crippen LogP contribution in [-0.4, -0.2) is 30.7 Å². The zero-order valence-corrected chi connectivity index (χ0v) is 7.51. The van der Waals surface area contributed by atoms with Crippen molar-refractivity contribution in [3.63, 3.8) is 0 Å². The Labute approximate surface area is 81.0 Å². The van der Waals surface area contributed by atoms with Crippen LogP contribution in [-0.2, 0) is 4.79 Å². The lowest BCUT2D eigenvalue weighted by Gasteiger charge is -2.07. The second-order valence-electron chi connectivity index (χ2n) is 2.50. The molecule has 0 aliphatic carbocycles. The first-order valence-corrected chi connectivity index (χ1v) is 3.83. The summed E-state index contributed by atoms with van der Waals surface area (Å²) in [6.45, 7) is 0.241. The predicted molar refractivity (Wildman–Crippen MR) is 49.5 cm³/mol. The minimum absolute atomic E-state index is 0.146. The molecule has 2 N–H and O–H groups in total. The molecular formula is C8H9BO5. The highest BCUT2D eigenvalue weighted by atomic mass is 16.5. The fraction of sp³-hybridized carbons (Fsp3) is 0.125. The maximum absolute atomic E-state index is 10.1. The van der Waals surface area contributed by atoms with E-state index in [1.165, 1.54) is 25.3 Å². The van der Waals surface area contributed by atoms with Gasteiger partial charge in [-0.05, 0) is 17.6 Å². The number of carbonyl (C=O) groups excluding carboxylic acids is 1. The molecule has 0 saturated heterocycles. The van der Waals surface area contributed by atoms with E-state index in [1.807, 2.05) is 0 Å². The molecule has 0 aromatic heterocycles. The van der Waals surface area contributed by atoms with Gasteiger partial charge in [0.2, 0.25) is 0 Å². The SMILES string of the molecule is COc1ccc(B(O)O)cc1OC=O. The molecule has 1 aromatic rings. The lowest BCUT2D eigenvalue weighted by Crippen LogP contribution is -2.29. The van der Waals surface area contributed by atoms with Crippen LogP contribution in [0, 0.1) is 0 Å². The maximum Gasteiger partial charge on any atom is 0.488 e. The van der Waals surface area contributed by atoms with Crippen LogP contribution in [0.3, 0.4) is 0 Å². The molecule has 0 bridgehead atoms. The van der Waals surface area contributed by atoms with Gasteiger partial charge >= 0.3 is 7.12 Å². The number of benzene rings is 1. The van der Waals surface area contributed by atoms with Gasteiger partial charge in [0.25, 0.3) is 6.47 Å². The molecule has 0 unspecified atom stereocenters. The molecule has 0 aliphatic rings. The molecule has 0 fully saturated rings. The van der Waals surface area contributed by atoms with E-state index in [4.69, 9.17) is 14.8 Å². The molecule has 0 saturated carbocycles. The molecule has 6 heteroatoms. The Morgan fingerprint density at radius 3 is 2.57 bits per heavy atom. The lowest BCUT2D eigenvalue weighted by molar-refractivity contribution is -0.120. The molecule has 0 amide bonds. The third-order valence-corrected chi connectivity index (χ3v) is 1.66. The standard InChI is InChI=1S/C8H9BO5/c1-13-7-3-2-6(9(11)12)4-8(7)14-5-10/h2-5,11-12H,1H3. The number of carbonyl (C=O) groups is 1. The summed E-state index contributed by atoms with van der Waals surface area (Å²) in [6.07, 6.45) is 0. The molecule has 0 atom stereocenters. The van der Waals surface area contributed by atoms with Gasteiger partial charge in [0.05, 0.1) is 7.11 Å². The summed E-state index contributed by atoms with van der Waals surface area (Å²) in [4.78, 5) is 10.1. The van der Waals surface area contributed by atoms with Gasteiger partial charge in [-0.15, -0.1) is 0 Å². The van der Waals surface area contributed by atoms with Crippen LogP contribution in [0.4, 0.5) is 0 Å². The average molecular weight is 196 g/mol. The number of hydrogen-bond donors (Lipinski definition) is 2. The fourth-order valence-corrected chi connectivity index (χ4v) is 0.998. The summed E-state index contributed by atoms with van der Waals surface area (Å²) >= 11 is 0. The first-order valence-electron chi connectivity index (χ1n) is 3.83. The molecule has 5 nitrogen and oxygen atoms in total. The van der Waals surface area contributed by atoms with Gasteiger partial charge in [0.1, 0.15) is 0 Å². The second-order valence-corrected chi connectivity index (χ2v) is 2.50. The van der Waals surface area contributed by atoms with Crippen LogP contribution in [0.2, 0.25) is 0 Å². The minimum atomic E-state index is -1.60. The van der Waals surface area contributed by atoms with Crippen molar-refractivity contribution in [1.29, 1.82) is 0 Å². The van der Waals surface area contributed by atoms with Gasteiger partial charge in [-0.25, -0.2) is 0 Å². The Kier molecular flexibility index (Phi) is 3.50. The van der Waals surface area contributed by atoms with Crippen molar-refractivity contribution in [2.75, 3.05) is 7.11 Å². The third-order valence-electron chi connectivity index (χ3n) is 1.66.